The van der Waals surface area contributed by atoms with Crippen LogP contribution in [0.5, 0.6) is 5.75 Å². The first kappa shape index (κ1) is 28.1. The van der Waals surface area contributed by atoms with E-state index in [1.807, 2.05) is 0 Å². The lowest BCUT2D eigenvalue weighted by atomic mass is 10.1. The molecule has 0 heterocycles. The first-order chi connectivity index (χ1) is 19.4. The average molecular weight is 556 g/mol. The zero-order valence-electron chi connectivity index (χ0n) is 21.5. The smallest absolute Gasteiger partial charge is 0.272 e. The van der Waals surface area contributed by atoms with Crippen molar-refractivity contribution in [2.24, 2.45) is 0 Å². The molecule has 0 aliphatic carbocycles. The summed E-state index contributed by atoms with van der Waals surface area (Å²) in [5, 5.41) is 8.05. The second kappa shape index (κ2) is 13.8. The van der Waals surface area contributed by atoms with Crippen LogP contribution in [0.25, 0.3) is 6.08 Å². The molecule has 3 amide bonds. The van der Waals surface area contributed by atoms with Crippen LogP contribution in [0.2, 0.25) is 0 Å². The molecule has 3 N–H and O–H groups in total. The number of hydrogen-bond acceptors (Lipinski definition) is 5. The van der Waals surface area contributed by atoms with Crippen LogP contribution in [0.4, 0.5) is 15.8 Å². The summed E-state index contributed by atoms with van der Waals surface area (Å²) in [6.45, 7) is 0. The van der Waals surface area contributed by atoms with E-state index in [1.54, 1.807) is 97.1 Å². The zero-order valence-corrected chi connectivity index (χ0v) is 22.3. The molecule has 7 nitrogen and oxygen atoms in total. The van der Waals surface area contributed by atoms with Crippen molar-refractivity contribution < 1.29 is 23.5 Å². The van der Waals surface area contributed by atoms with Gasteiger partial charge in [0, 0.05) is 21.7 Å². The Morgan fingerprint density at radius 3 is 2.35 bits per heavy atom. The molecule has 4 aromatic rings. The Hall–Kier alpha value is -4.89. The van der Waals surface area contributed by atoms with Crippen molar-refractivity contribution in [2.75, 3.05) is 23.5 Å². The number of rotatable bonds is 10. The SMILES string of the molecule is COc1ccccc1/C=C(/NC(=O)c1ccccc1)C(=O)Nc1cccc(SCC(=O)Nc2ccccc2F)c1. The van der Waals surface area contributed by atoms with Crippen molar-refractivity contribution in [3.05, 3.63) is 126 Å². The highest BCUT2D eigenvalue weighted by Crippen LogP contribution is 2.24. The van der Waals surface area contributed by atoms with Crippen LogP contribution in [0.15, 0.2) is 114 Å². The number of anilines is 2. The minimum atomic E-state index is -0.547. The first-order valence-corrected chi connectivity index (χ1v) is 13.2. The molecule has 0 aliphatic heterocycles. The van der Waals surface area contributed by atoms with Crippen LogP contribution < -0.4 is 20.7 Å². The number of methoxy groups -OCH3 is 1. The number of thioether (sulfide) groups is 1. The summed E-state index contributed by atoms with van der Waals surface area (Å²) in [5.41, 5.74) is 1.59. The highest BCUT2D eigenvalue weighted by atomic mass is 32.2. The molecule has 0 bridgehead atoms. The van der Waals surface area contributed by atoms with Crippen LogP contribution in [0.3, 0.4) is 0 Å². The summed E-state index contributed by atoms with van der Waals surface area (Å²) in [7, 11) is 1.52. The normalized spacial score (nSPS) is 10.9. The Labute approximate surface area is 235 Å². The number of hydrogen-bond donors (Lipinski definition) is 3. The molecule has 40 heavy (non-hydrogen) atoms. The molecule has 0 unspecified atom stereocenters. The van der Waals surface area contributed by atoms with Crippen molar-refractivity contribution in [1.82, 2.24) is 5.32 Å². The van der Waals surface area contributed by atoms with Crippen LogP contribution >= 0.6 is 11.8 Å². The summed E-state index contributed by atoms with van der Waals surface area (Å²) in [6, 6.07) is 28.6. The lowest BCUT2D eigenvalue weighted by Crippen LogP contribution is -2.30. The van der Waals surface area contributed by atoms with E-state index in [9.17, 15) is 18.8 Å². The third kappa shape index (κ3) is 7.81. The van der Waals surface area contributed by atoms with Gasteiger partial charge in [0.2, 0.25) is 5.91 Å². The topological polar surface area (TPSA) is 96.5 Å². The fraction of sp³-hybridized carbons (Fsp3) is 0.0645. The van der Waals surface area contributed by atoms with Crippen molar-refractivity contribution in [2.45, 2.75) is 4.90 Å². The summed E-state index contributed by atoms with van der Waals surface area (Å²) in [6.07, 6.45) is 1.54. The van der Waals surface area contributed by atoms with Gasteiger partial charge in [0.15, 0.2) is 0 Å². The lowest BCUT2D eigenvalue weighted by molar-refractivity contribution is -0.114. The summed E-state index contributed by atoms with van der Waals surface area (Å²) < 4.78 is 19.2. The Morgan fingerprint density at radius 2 is 1.57 bits per heavy atom. The minimum Gasteiger partial charge on any atom is -0.496 e. The Kier molecular flexibility index (Phi) is 9.68. The van der Waals surface area contributed by atoms with Gasteiger partial charge in [0.1, 0.15) is 17.3 Å². The molecular weight excluding hydrogens is 529 g/mol. The Morgan fingerprint density at radius 1 is 0.850 bits per heavy atom. The quantitative estimate of drug-likeness (QED) is 0.165. The van der Waals surface area contributed by atoms with E-state index in [-0.39, 0.29) is 23.0 Å². The number of benzene rings is 4. The van der Waals surface area contributed by atoms with Crippen molar-refractivity contribution in [3.63, 3.8) is 0 Å². The number of carbonyl (C=O) groups is 3. The number of amides is 3. The molecule has 0 atom stereocenters. The van der Waals surface area contributed by atoms with E-state index in [0.717, 1.165) is 0 Å². The number of halogens is 1. The second-order valence-corrected chi connectivity index (χ2v) is 9.47. The van der Waals surface area contributed by atoms with Crippen LogP contribution in [0, 0.1) is 5.82 Å². The van der Waals surface area contributed by atoms with E-state index in [4.69, 9.17) is 4.74 Å². The van der Waals surface area contributed by atoms with E-state index >= 15 is 0 Å². The second-order valence-electron chi connectivity index (χ2n) is 8.42. The van der Waals surface area contributed by atoms with Gasteiger partial charge in [-0.15, -0.1) is 11.8 Å². The highest BCUT2D eigenvalue weighted by molar-refractivity contribution is 8.00. The van der Waals surface area contributed by atoms with E-state index < -0.39 is 17.6 Å². The predicted molar refractivity (Wildman–Crippen MR) is 156 cm³/mol. The third-order valence-corrected chi connectivity index (χ3v) is 6.57. The van der Waals surface area contributed by atoms with Gasteiger partial charge in [-0.05, 0) is 54.6 Å². The fourth-order valence-corrected chi connectivity index (χ4v) is 4.40. The molecule has 0 saturated carbocycles. The van der Waals surface area contributed by atoms with Gasteiger partial charge in [-0.1, -0.05) is 54.6 Å². The Balaban J connectivity index is 1.48. The van der Waals surface area contributed by atoms with Gasteiger partial charge >= 0.3 is 0 Å². The third-order valence-electron chi connectivity index (χ3n) is 5.58. The molecule has 0 aromatic heterocycles. The van der Waals surface area contributed by atoms with Gasteiger partial charge in [0.25, 0.3) is 11.8 Å². The van der Waals surface area contributed by atoms with E-state index in [1.165, 1.54) is 31.0 Å². The standard InChI is InChI=1S/C31H26FN3O4S/c1-39-28-17-8-5-12-22(28)18-27(35-30(37)21-10-3-2-4-11-21)31(38)33-23-13-9-14-24(19-23)40-20-29(36)34-26-16-7-6-15-25(26)32/h2-19H,20H2,1H3,(H,33,38)(H,34,36)(H,35,37)/b27-18+. The molecule has 202 valence electrons. The monoisotopic (exact) mass is 555 g/mol. The number of para-hydroxylation sites is 2. The number of ether oxygens (including phenoxy) is 1. The maximum Gasteiger partial charge on any atom is 0.272 e. The summed E-state index contributed by atoms with van der Waals surface area (Å²) in [4.78, 5) is 39.3. The summed E-state index contributed by atoms with van der Waals surface area (Å²) >= 11 is 1.23. The minimum absolute atomic E-state index is 0.0145. The number of carbonyl (C=O) groups excluding carboxylic acids is 3. The van der Waals surface area contributed by atoms with E-state index in [0.29, 0.717) is 27.5 Å². The van der Waals surface area contributed by atoms with Crippen LogP contribution in [-0.4, -0.2) is 30.6 Å². The zero-order chi connectivity index (χ0) is 28.3. The summed E-state index contributed by atoms with van der Waals surface area (Å²) in [5.74, 6) is -1.29. The van der Waals surface area contributed by atoms with Crippen molar-refractivity contribution in [3.8, 4) is 5.75 Å². The molecule has 4 rings (SSSR count). The highest BCUT2D eigenvalue weighted by Gasteiger charge is 2.16. The van der Waals surface area contributed by atoms with Crippen molar-refractivity contribution >= 4 is 46.9 Å². The van der Waals surface area contributed by atoms with Gasteiger partial charge in [-0.3, -0.25) is 14.4 Å². The van der Waals surface area contributed by atoms with Gasteiger partial charge in [0.05, 0.1) is 18.6 Å². The lowest BCUT2D eigenvalue weighted by Gasteiger charge is -2.13. The van der Waals surface area contributed by atoms with Gasteiger partial charge < -0.3 is 20.7 Å². The molecule has 0 radical (unpaired) electrons. The molecule has 9 heteroatoms. The number of nitrogens with one attached hydrogen (secondary N) is 3. The Bertz CT molecular complexity index is 1540. The predicted octanol–water partition coefficient (Wildman–Crippen LogP) is 5.97. The molecule has 0 aliphatic rings. The molecule has 0 spiro atoms. The van der Waals surface area contributed by atoms with Gasteiger partial charge in [-0.25, -0.2) is 4.39 Å². The molecular formula is C31H26FN3O4S. The van der Waals surface area contributed by atoms with Crippen molar-refractivity contribution in [1.29, 1.82) is 0 Å². The first-order valence-electron chi connectivity index (χ1n) is 12.2. The van der Waals surface area contributed by atoms with Crippen LogP contribution in [0.1, 0.15) is 15.9 Å². The largest absolute Gasteiger partial charge is 0.496 e. The molecule has 4 aromatic carbocycles. The van der Waals surface area contributed by atoms with Crippen LogP contribution in [-0.2, 0) is 9.59 Å². The van der Waals surface area contributed by atoms with E-state index in [2.05, 4.69) is 16.0 Å². The maximum atomic E-state index is 13.8. The molecule has 0 saturated heterocycles. The maximum absolute atomic E-state index is 13.8. The molecule has 0 fully saturated rings. The average Bonchev–Trinajstić information content (AvgIpc) is 2.98. The van der Waals surface area contributed by atoms with Gasteiger partial charge in [-0.2, -0.15) is 0 Å². The fourth-order valence-electron chi connectivity index (χ4n) is 3.64.